The van der Waals surface area contributed by atoms with E-state index in [0.29, 0.717) is 12.5 Å². The molecule has 0 saturated carbocycles. The summed E-state index contributed by atoms with van der Waals surface area (Å²) in [5, 5.41) is 0. The molecular weight excluding hydrogens is 118 g/mol. The number of aromatic nitrogens is 1. The van der Waals surface area contributed by atoms with Crippen LogP contribution in [0.4, 0.5) is 0 Å². The molecule has 0 aliphatic heterocycles. The summed E-state index contributed by atoms with van der Waals surface area (Å²) in [5.41, 5.74) is 0. The molecule has 0 saturated heterocycles. The van der Waals surface area contributed by atoms with Gasteiger partial charge in [-0.05, 0) is 6.42 Å². The summed E-state index contributed by atoms with van der Waals surface area (Å²) < 4.78 is 9.61. The zero-order valence-corrected chi connectivity index (χ0v) is 5.26. The summed E-state index contributed by atoms with van der Waals surface area (Å²) in [5.74, 6) is 0.511. The fourth-order valence-electron chi connectivity index (χ4n) is 0.447. The largest absolute Gasteiger partial charge is 0.475 e. The first-order valence-electron chi connectivity index (χ1n) is 2.88. The minimum atomic E-state index is 0.511. The summed E-state index contributed by atoms with van der Waals surface area (Å²) in [4.78, 5) is 3.64. The normalized spacial score (nSPS) is 9.44. The van der Waals surface area contributed by atoms with Gasteiger partial charge in [0.2, 0.25) is 0 Å². The number of ether oxygens (including phenoxy) is 1. The Labute approximate surface area is 53.7 Å². The lowest BCUT2D eigenvalue weighted by atomic mass is 10.5. The van der Waals surface area contributed by atoms with Crippen LogP contribution in [-0.4, -0.2) is 11.6 Å². The molecule has 3 nitrogen and oxygen atoms in total. The van der Waals surface area contributed by atoms with Gasteiger partial charge in [0.1, 0.15) is 0 Å². The Bertz CT molecular complexity index is 148. The fourth-order valence-corrected chi connectivity index (χ4v) is 0.447. The third kappa shape index (κ3) is 1.76. The Morgan fingerprint density at radius 2 is 2.78 bits per heavy atom. The topological polar surface area (TPSA) is 35.3 Å². The maximum absolute atomic E-state index is 5.06. The maximum atomic E-state index is 5.06. The van der Waals surface area contributed by atoms with Crippen LogP contribution < -0.4 is 4.74 Å². The Hall–Kier alpha value is -0.990. The van der Waals surface area contributed by atoms with E-state index < -0.39 is 0 Å². The fraction of sp³-hybridized carbons (Fsp3) is 0.500. The maximum Gasteiger partial charge on any atom is 0.287 e. The highest BCUT2D eigenvalue weighted by Crippen LogP contribution is 2.03. The number of hydrogen-bond donors (Lipinski definition) is 0. The molecule has 0 aliphatic carbocycles. The molecule has 0 unspecified atom stereocenters. The second-order valence-electron chi connectivity index (χ2n) is 1.63. The van der Waals surface area contributed by atoms with Crippen LogP contribution in [0.15, 0.2) is 10.7 Å². The number of rotatable bonds is 3. The molecule has 0 atom stereocenters. The van der Waals surface area contributed by atoms with Crippen molar-refractivity contribution in [2.75, 3.05) is 6.61 Å². The van der Waals surface area contributed by atoms with Gasteiger partial charge in [-0.1, -0.05) is 6.92 Å². The summed E-state index contributed by atoms with van der Waals surface area (Å²) in [6.07, 6.45) is 4.69. The van der Waals surface area contributed by atoms with E-state index in [0.717, 1.165) is 6.42 Å². The van der Waals surface area contributed by atoms with Gasteiger partial charge in [0.25, 0.3) is 12.3 Å². The second-order valence-corrected chi connectivity index (χ2v) is 1.63. The smallest absolute Gasteiger partial charge is 0.287 e. The average molecular weight is 126 g/mol. The van der Waals surface area contributed by atoms with Crippen LogP contribution in [0.3, 0.4) is 0 Å². The van der Waals surface area contributed by atoms with E-state index in [-0.39, 0.29) is 0 Å². The van der Waals surface area contributed by atoms with E-state index >= 15 is 0 Å². The van der Waals surface area contributed by atoms with Gasteiger partial charge in [-0.25, -0.2) is 0 Å². The van der Waals surface area contributed by atoms with Crippen molar-refractivity contribution < 1.29 is 9.15 Å². The van der Waals surface area contributed by atoms with Crippen molar-refractivity contribution in [3.05, 3.63) is 12.7 Å². The average Bonchev–Trinajstić information content (AvgIpc) is 2.34. The Morgan fingerprint density at radius 1 is 1.89 bits per heavy atom. The molecule has 9 heavy (non-hydrogen) atoms. The molecule has 1 aromatic heterocycles. The third-order valence-corrected chi connectivity index (χ3v) is 0.822. The molecular formula is C6H8NO2. The first-order valence-corrected chi connectivity index (χ1v) is 2.88. The number of hydrogen-bond acceptors (Lipinski definition) is 3. The van der Waals surface area contributed by atoms with Crippen molar-refractivity contribution in [3.8, 4) is 5.88 Å². The zero-order valence-electron chi connectivity index (χ0n) is 5.26. The van der Waals surface area contributed by atoms with Gasteiger partial charge < -0.3 is 9.15 Å². The summed E-state index contributed by atoms with van der Waals surface area (Å²) in [6.45, 7) is 2.71. The highest BCUT2D eigenvalue weighted by Gasteiger charge is 1.92. The van der Waals surface area contributed by atoms with Crippen LogP contribution in [-0.2, 0) is 0 Å². The van der Waals surface area contributed by atoms with Gasteiger partial charge >= 0.3 is 0 Å². The molecule has 0 N–H and O–H groups in total. The predicted molar refractivity (Wildman–Crippen MR) is 31.1 cm³/mol. The van der Waals surface area contributed by atoms with Crippen LogP contribution >= 0.6 is 0 Å². The molecule has 0 amide bonds. The molecule has 49 valence electrons. The van der Waals surface area contributed by atoms with Crippen molar-refractivity contribution in [1.29, 1.82) is 0 Å². The molecule has 1 heterocycles. The quantitative estimate of drug-likeness (QED) is 0.611. The third-order valence-electron chi connectivity index (χ3n) is 0.822. The molecule has 1 rings (SSSR count). The van der Waals surface area contributed by atoms with E-state index in [4.69, 9.17) is 4.74 Å². The lowest BCUT2D eigenvalue weighted by molar-refractivity contribution is 0.304. The first kappa shape index (κ1) is 6.13. The second kappa shape index (κ2) is 3.12. The lowest BCUT2D eigenvalue weighted by Crippen LogP contribution is -1.93. The van der Waals surface area contributed by atoms with Gasteiger partial charge in [0.15, 0.2) is 6.26 Å². The van der Waals surface area contributed by atoms with Crippen LogP contribution in [0.2, 0.25) is 0 Å². The standard InChI is InChI=1S/C6H8NO2/c1-2-3-9-6-4-8-5-7-6/h4H,2-3H2,1H3. The van der Waals surface area contributed by atoms with E-state index in [1.807, 2.05) is 6.92 Å². The van der Waals surface area contributed by atoms with Gasteiger partial charge in [0, 0.05) is 0 Å². The minimum Gasteiger partial charge on any atom is -0.475 e. The van der Waals surface area contributed by atoms with Gasteiger partial charge in [-0.2, -0.15) is 4.98 Å². The van der Waals surface area contributed by atoms with Crippen LogP contribution in [0.5, 0.6) is 5.88 Å². The Balaban J connectivity index is 2.30. The predicted octanol–water partition coefficient (Wildman–Crippen LogP) is 1.26. The van der Waals surface area contributed by atoms with Crippen LogP contribution in [0.1, 0.15) is 13.3 Å². The van der Waals surface area contributed by atoms with Crippen LogP contribution in [0.25, 0.3) is 0 Å². The molecule has 1 radical (unpaired) electrons. The molecule has 0 aliphatic rings. The van der Waals surface area contributed by atoms with E-state index in [1.54, 1.807) is 0 Å². The highest BCUT2D eigenvalue weighted by molar-refractivity contribution is 4.96. The molecule has 0 fully saturated rings. The lowest BCUT2D eigenvalue weighted by Gasteiger charge is -1.95. The number of oxazole rings is 1. The summed E-state index contributed by atoms with van der Waals surface area (Å²) in [7, 11) is 0. The van der Waals surface area contributed by atoms with Gasteiger partial charge in [0.05, 0.1) is 6.61 Å². The molecule has 0 bridgehead atoms. The molecule has 3 heteroatoms. The van der Waals surface area contributed by atoms with Gasteiger partial charge in [-0.3, -0.25) is 0 Å². The van der Waals surface area contributed by atoms with E-state index in [2.05, 4.69) is 15.8 Å². The first-order chi connectivity index (χ1) is 4.43. The summed E-state index contributed by atoms with van der Waals surface area (Å²) in [6, 6.07) is 0. The van der Waals surface area contributed by atoms with Gasteiger partial charge in [-0.15, -0.1) is 0 Å². The summed E-state index contributed by atoms with van der Waals surface area (Å²) >= 11 is 0. The Kier molecular flexibility index (Phi) is 2.13. The molecule has 0 spiro atoms. The van der Waals surface area contributed by atoms with Crippen molar-refractivity contribution >= 4 is 0 Å². The SMILES string of the molecule is CCCOc1co[c]n1. The highest BCUT2D eigenvalue weighted by atomic mass is 16.5. The zero-order chi connectivity index (χ0) is 6.53. The van der Waals surface area contributed by atoms with Crippen molar-refractivity contribution in [2.45, 2.75) is 13.3 Å². The van der Waals surface area contributed by atoms with Crippen molar-refractivity contribution in [3.63, 3.8) is 0 Å². The molecule has 0 aromatic carbocycles. The Morgan fingerprint density at radius 3 is 3.33 bits per heavy atom. The van der Waals surface area contributed by atoms with Crippen LogP contribution in [0, 0.1) is 6.39 Å². The van der Waals surface area contributed by atoms with Crippen molar-refractivity contribution in [1.82, 2.24) is 4.98 Å². The van der Waals surface area contributed by atoms with E-state index in [9.17, 15) is 0 Å². The van der Waals surface area contributed by atoms with E-state index in [1.165, 1.54) is 6.26 Å². The molecule has 1 aromatic rings. The number of nitrogens with zero attached hydrogens (tertiary/aromatic N) is 1. The van der Waals surface area contributed by atoms with Crippen molar-refractivity contribution in [2.24, 2.45) is 0 Å². The minimum absolute atomic E-state index is 0.511. The monoisotopic (exact) mass is 126 g/mol.